The summed E-state index contributed by atoms with van der Waals surface area (Å²) in [5.41, 5.74) is 8.92. The SMILES string of the molecule is Cc1ccc(C(NC(=O)CNC(=O)[C@@H](N)C(C)C)c2ccccc2)cc1.Cl. The van der Waals surface area contributed by atoms with Gasteiger partial charge in [-0.05, 0) is 24.0 Å². The lowest BCUT2D eigenvalue weighted by Crippen LogP contribution is -2.47. The van der Waals surface area contributed by atoms with E-state index in [-0.39, 0.29) is 42.7 Å². The third-order valence-corrected chi connectivity index (χ3v) is 4.29. The van der Waals surface area contributed by atoms with Gasteiger partial charge in [0.25, 0.3) is 0 Å². The lowest BCUT2D eigenvalue weighted by Gasteiger charge is -2.21. The van der Waals surface area contributed by atoms with Crippen molar-refractivity contribution in [1.82, 2.24) is 10.6 Å². The molecule has 0 saturated heterocycles. The molecule has 0 fully saturated rings. The summed E-state index contributed by atoms with van der Waals surface area (Å²) in [6.45, 7) is 5.65. The molecule has 0 aliphatic carbocycles. The lowest BCUT2D eigenvalue weighted by molar-refractivity contribution is -0.127. The molecule has 6 heteroatoms. The summed E-state index contributed by atoms with van der Waals surface area (Å²) in [6.07, 6.45) is 0. The summed E-state index contributed by atoms with van der Waals surface area (Å²) in [7, 11) is 0. The summed E-state index contributed by atoms with van der Waals surface area (Å²) in [4.78, 5) is 24.3. The van der Waals surface area contributed by atoms with Crippen molar-refractivity contribution in [2.24, 2.45) is 11.7 Å². The van der Waals surface area contributed by atoms with E-state index >= 15 is 0 Å². The van der Waals surface area contributed by atoms with E-state index in [4.69, 9.17) is 5.73 Å². The molecule has 2 aromatic rings. The molecule has 2 rings (SSSR count). The molecule has 2 atom stereocenters. The fraction of sp³-hybridized carbons (Fsp3) is 0.333. The fourth-order valence-electron chi connectivity index (χ4n) is 2.56. The van der Waals surface area contributed by atoms with Crippen LogP contribution in [-0.4, -0.2) is 24.4 Å². The number of aryl methyl sites for hydroxylation is 1. The average Bonchev–Trinajstić information content (AvgIpc) is 2.65. The van der Waals surface area contributed by atoms with Gasteiger partial charge in [0.2, 0.25) is 11.8 Å². The van der Waals surface area contributed by atoms with E-state index in [1.807, 2.05) is 75.4 Å². The van der Waals surface area contributed by atoms with Gasteiger partial charge in [-0.25, -0.2) is 0 Å². The third kappa shape index (κ3) is 6.70. The molecule has 0 aliphatic rings. The minimum Gasteiger partial charge on any atom is -0.346 e. The zero-order valence-electron chi connectivity index (χ0n) is 15.9. The zero-order valence-corrected chi connectivity index (χ0v) is 16.8. The maximum atomic E-state index is 12.4. The van der Waals surface area contributed by atoms with Gasteiger partial charge < -0.3 is 16.4 Å². The number of halogens is 1. The topological polar surface area (TPSA) is 84.2 Å². The van der Waals surface area contributed by atoms with Crippen molar-refractivity contribution in [3.8, 4) is 0 Å². The molecule has 2 amide bonds. The van der Waals surface area contributed by atoms with Gasteiger partial charge >= 0.3 is 0 Å². The molecule has 0 saturated carbocycles. The van der Waals surface area contributed by atoms with Crippen LogP contribution in [0.15, 0.2) is 54.6 Å². The van der Waals surface area contributed by atoms with Crippen molar-refractivity contribution in [2.75, 3.05) is 6.54 Å². The summed E-state index contributed by atoms with van der Waals surface area (Å²) in [5, 5.41) is 5.60. The van der Waals surface area contributed by atoms with E-state index in [9.17, 15) is 9.59 Å². The van der Waals surface area contributed by atoms with Crippen molar-refractivity contribution in [3.63, 3.8) is 0 Å². The second kappa shape index (κ2) is 10.7. The number of hydrogen-bond donors (Lipinski definition) is 3. The molecule has 0 aliphatic heterocycles. The quantitative estimate of drug-likeness (QED) is 0.680. The van der Waals surface area contributed by atoms with E-state index in [1.165, 1.54) is 0 Å². The zero-order chi connectivity index (χ0) is 19.1. The first-order valence-corrected chi connectivity index (χ1v) is 8.82. The highest BCUT2D eigenvalue weighted by Gasteiger charge is 2.20. The fourth-order valence-corrected chi connectivity index (χ4v) is 2.56. The Labute approximate surface area is 167 Å². The highest BCUT2D eigenvalue weighted by Crippen LogP contribution is 2.22. The van der Waals surface area contributed by atoms with Crippen molar-refractivity contribution >= 4 is 24.2 Å². The molecule has 1 unspecified atom stereocenters. The number of nitrogens with two attached hydrogens (primary N) is 1. The summed E-state index contributed by atoms with van der Waals surface area (Å²) in [6, 6.07) is 16.9. The molecule has 0 spiro atoms. The summed E-state index contributed by atoms with van der Waals surface area (Å²) in [5.74, 6) is -0.562. The molecule has 0 bridgehead atoms. The molecule has 4 N–H and O–H groups in total. The molecule has 0 radical (unpaired) electrons. The first-order valence-electron chi connectivity index (χ1n) is 8.82. The van der Waals surface area contributed by atoms with E-state index in [0.29, 0.717) is 0 Å². The van der Waals surface area contributed by atoms with Crippen LogP contribution in [-0.2, 0) is 9.59 Å². The van der Waals surface area contributed by atoms with Gasteiger partial charge in [0.05, 0.1) is 18.6 Å². The van der Waals surface area contributed by atoms with E-state index < -0.39 is 6.04 Å². The van der Waals surface area contributed by atoms with Crippen LogP contribution < -0.4 is 16.4 Å². The average molecular weight is 390 g/mol. The van der Waals surface area contributed by atoms with Crippen LogP contribution >= 0.6 is 12.4 Å². The van der Waals surface area contributed by atoms with Crippen LogP contribution in [0.1, 0.15) is 36.6 Å². The molecule has 0 aromatic heterocycles. The minimum atomic E-state index is -0.621. The Balaban J connectivity index is 0.00000364. The van der Waals surface area contributed by atoms with Crippen LogP contribution in [0.2, 0.25) is 0 Å². The second-order valence-electron chi connectivity index (χ2n) is 6.81. The molecular formula is C21H28ClN3O2. The predicted molar refractivity (Wildman–Crippen MR) is 111 cm³/mol. The normalized spacial score (nSPS) is 12.6. The third-order valence-electron chi connectivity index (χ3n) is 4.29. The number of carbonyl (C=O) groups excluding carboxylic acids is 2. The van der Waals surface area contributed by atoms with Gasteiger partial charge in [-0.15, -0.1) is 12.4 Å². The molecular weight excluding hydrogens is 362 g/mol. The van der Waals surface area contributed by atoms with Gasteiger partial charge in [-0.2, -0.15) is 0 Å². The van der Waals surface area contributed by atoms with Gasteiger partial charge in [0.15, 0.2) is 0 Å². The van der Waals surface area contributed by atoms with Crippen molar-refractivity contribution in [3.05, 3.63) is 71.3 Å². The number of carbonyl (C=O) groups is 2. The second-order valence-corrected chi connectivity index (χ2v) is 6.81. The van der Waals surface area contributed by atoms with Crippen molar-refractivity contribution in [1.29, 1.82) is 0 Å². The highest BCUT2D eigenvalue weighted by atomic mass is 35.5. The van der Waals surface area contributed by atoms with Crippen molar-refractivity contribution < 1.29 is 9.59 Å². The molecule has 146 valence electrons. The minimum absolute atomic E-state index is 0. The molecule has 0 heterocycles. The van der Waals surface area contributed by atoms with Crippen LogP contribution in [0.5, 0.6) is 0 Å². The number of hydrogen-bond acceptors (Lipinski definition) is 3. The summed E-state index contributed by atoms with van der Waals surface area (Å²) >= 11 is 0. The smallest absolute Gasteiger partial charge is 0.240 e. The van der Waals surface area contributed by atoms with E-state index in [0.717, 1.165) is 16.7 Å². The van der Waals surface area contributed by atoms with Gasteiger partial charge in [0.1, 0.15) is 0 Å². The Morgan fingerprint density at radius 1 is 0.963 bits per heavy atom. The van der Waals surface area contributed by atoms with Crippen LogP contribution in [0.3, 0.4) is 0 Å². The first-order chi connectivity index (χ1) is 12.4. The monoisotopic (exact) mass is 389 g/mol. The number of benzene rings is 2. The number of rotatable bonds is 7. The largest absolute Gasteiger partial charge is 0.346 e. The molecule has 5 nitrogen and oxygen atoms in total. The van der Waals surface area contributed by atoms with E-state index in [2.05, 4.69) is 10.6 Å². The van der Waals surface area contributed by atoms with Gasteiger partial charge in [-0.3, -0.25) is 9.59 Å². The Morgan fingerprint density at radius 2 is 1.52 bits per heavy atom. The first kappa shape index (κ1) is 22.7. The maximum absolute atomic E-state index is 12.4. The van der Waals surface area contributed by atoms with Gasteiger partial charge in [0, 0.05) is 0 Å². The van der Waals surface area contributed by atoms with Crippen LogP contribution in [0.25, 0.3) is 0 Å². The Hall–Kier alpha value is -2.37. The number of amides is 2. The highest BCUT2D eigenvalue weighted by molar-refractivity contribution is 5.87. The predicted octanol–water partition coefficient (Wildman–Crippen LogP) is 2.72. The Kier molecular flexibility index (Phi) is 8.98. The van der Waals surface area contributed by atoms with Crippen molar-refractivity contribution in [2.45, 2.75) is 32.9 Å². The lowest BCUT2D eigenvalue weighted by atomic mass is 9.98. The van der Waals surface area contributed by atoms with Gasteiger partial charge in [-0.1, -0.05) is 74.0 Å². The van der Waals surface area contributed by atoms with Crippen LogP contribution in [0, 0.1) is 12.8 Å². The van der Waals surface area contributed by atoms with E-state index in [1.54, 1.807) is 0 Å². The maximum Gasteiger partial charge on any atom is 0.240 e. The Bertz CT molecular complexity index is 733. The number of nitrogens with one attached hydrogen (secondary N) is 2. The standard InChI is InChI=1S/C21H27N3O2.ClH/c1-14(2)19(22)21(26)23-13-18(25)24-20(16-7-5-4-6-8-16)17-11-9-15(3)10-12-17;/h4-12,14,19-20H,13,22H2,1-3H3,(H,23,26)(H,24,25);1H/t19-,20?;/m0./s1. The summed E-state index contributed by atoms with van der Waals surface area (Å²) < 4.78 is 0. The molecule has 27 heavy (non-hydrogen) atoms. The molecule has 2 aromatic carbocycles. The Morgan fingerprint density at radius 3 is 2.07 bits per heavy atom. The van der Waals surface area contributed by atoms with Crippen LogP contribution in [0.4, 0.5) is 0 Å².